The van der Waals surface area contributed by atoms with Gasteiger partial charge in [-0.2, -0.15) is 0 Å². The van der Waals surface area contributed by atoms with Gasteiger partial charge in [0.25, 0.3) is 0 Å². The van der Waals surface area contributed by atoms with Crippen molar-refractivity contribution in [2.75, 3.05) is 0 Å². The highest BCUT2D eigenvalue weighted by molar-refractivity contribution is 6.23. The lowest BCUT2D eigenvalue weighted by molar-refractivity contribution is -0.242. The second-order valence-corrected chi connectivity index (χ2v) is 10.8. The summed E-state index contributed by atoms with van der Waals surface area (Å²) in [5, 5.41) is 23.1. The summed E-state index contributed by atoms with van der Waals surface area (Å²) in [7, 11) is 0. The Morgan fingerprint density at radius 3 is 2.08 bits per heavy atom. The minimum absolute atomic E-state index is 0.233. The number of carbonyl (C=O) groups excluding carboxylic acids is 4. The molecule has 0 aromatic heterocycles. The first-order chi connectivity index (χ1) is 17.0. The molecule has 0 saturated carbocycles. The maximum Gasteiger partial charge on any atom is 0.312 e. The minimum Gasteiger partial charge on any atom is -0.459 e. The summed E-state index contributed by atoms with van der Waals surface area (Å²) in [6, 6.07) is 0. The second kappa shape index (κ2) is 9.89. The Morgan fingerprint density at radius 1 is 1.00 bits per heavy atom. The molecule has 37 heavy (non-hydrogen) atoms. The largest absolute Gasteiger partial charge is 0.459 e. The molecule has 0 aromatic carbocycles. The predicted molar refractivity (Wildman–Crippen MR) is 130 cm³/mol. The number of fused-ring (bicyclic) bond motifs is 2. The molecule has 1 aliphatic heterocycles. The Bertz CT molecular complexity index is 1060. The topological polar surface area (TPSA) is 146 Å². The van der Waals surface area contributed by atoms with Gasteiger partial charge in [0.15, 0.2) is 11.7 Å². The number of alkyl halides is 1. The van der Waals surface area contributed by atoms with E-state index >= 15 is 0 Å². The molecule has 1 fully saturated rings. The van der Waals surface area contributed by atoms with Crippen molar-refractivity contribution in [2.45, 2.75) is 82.5 Å². The Labute approximate surface area is 220 Å². The molecule has 0 amide bonds. The second-order valence-electron chi connectivity index (χ2n) is 10.3. The lowest BCUT2D eigenvalue weighted by Crippen LogP contribution is -2.70. The minimum atomic E-state index is -2.27. The zero-order valence-electron chi connectivity index (χ0n) is 21.6. The third-order valence-corrected chi connectivity index (χ3v) is 8.12. The highest BCUT2D eigenvalue weighted by Gasteiger charge is 2.70. The first-order valence-corrected chi connectivity index (χ1v) is 12.3. The lowest BCUT2D eigenvalue weighted by Gasteiger charge is -2.56. The monoisotopic (exact) mass is 540 g/mol. The van der Waals surface area contributed by atoms with Crippen LogP contribution in [0.4, 0.5) is 0 Å². The van der Waals surface area contributed by atoms with Gasteiger partial charge in [0.05, 0.1) is 11.3 Å². The van der Waals surface area contributed by atoms with Crippen LogP contribution in [0, 0.1) is 17.3 Å². The fourth-order valence-corrected chi connectivity index (χ4v) is 6.08. The predicted octanol–water partition coefficient (Wildman–Crippen LogP) is 1.75. The summed E-state index contributed by atoms with van der Waals surface area (Å²) in [4.78, 5) is 49.3. The van der Waals surface area contributed by atoms with Crippen LogP contribution in [0.1, 0.15) is 41.5 Å². The zero-order chi connectivity index (χ0) is 28.1. The standard InChI is InChI=1S/C26H33ClO10/c1-12-8-9-17(34-14(3)28)24(6)11-10-18(35-15(4)29)25(7,32)20(24)22(36-16(5)30)26(33)13(2)23(31)37-21(26)19(12)27/h8-11,13,17-22,32-33H,1H2,2-7H3/b9-8-/t13-,17-,18+,19-,20+,21-,22+,24+,25+,26+/m0/s1. The first-order valence-electron chi connectivity index (χ1n) is 11.8. The molecule has 10 nitrogen and oxygen atoms in total. The van der Waals surface area contributed by atoms with E-state index in [1.54, 1.807) is 13.0 Å². The normalized spacial score (nSPS) is 44.1. The van der Waals surface area contributed by atoms with E-state index in [1.165, 1.54) is 39.0 Å². The molecule has 10 atom stereocenters. The number of aliphatic hydroxyl groups is 2. The van der Waals surface area contributed by atoms with E-state index in [0.717, 1.165) is 13.8 Å². The third kappa shape index (κ3) is 4.82. The van der Waals surface area contributed by atoms with Gasteiger partial charge in [0.2, 0.25) is 0 Å². The van der Waals surface area contributed by atoms with Crippen molar-refractivity contribution >= 4 is 35.5 Å². The van der Waals surface area contributed by atoms with Crippen LogP contribution in [0.3, 0.4) is 0 Å². The van der Waals surface area contributed by atoms with Gasteiger partial charge in [-0.25, -0.2) is 0 Å². The van der Waals surface area contributed by atoms with Crippen LogP contribution in [-0.2, 0) is 38.1 Å². The summed E-state index contributed by atoms with van der Waals surface area (Å²) in [6.07, 6.45) is 0.581. The molecule has 11 heteroatoms. The molecule has 204 valence electrons. The quantitative estimate of drug-likeness (QED) is 0.235. The van der Waals surface area contributed by atoms with E-state index in [-0.39, 0.29) is 5.57 Å². The van der Waals surface area contributed by atoms with Crippen molar-refractivity contribution in [3.63, 3.8) is 0 Å². The molecule has 1 heterocycles. The van der Waals surface area contributed by atoms with E-state index in [9.17, 15) is 29.4 Å². The lowest BCUT2D eigenvalue weighted by atomic mass is 9.55. The van der Waals surface area contributed by atoms with Crippen molar-refractivity contribution in [1.29, 1.82) is 0 Å². The van der Waals surface area contributed by atoms with E-state index in [2.05, 4.69) is 6.58 Å². The van der Waals surface area contributed by atoms with E-state index in [1.807, 2.05) is 0 Å². The van der Waals surface area contributed by atoms with Crippen molar-refractivity contribution in [3.05, 3.63) is 36.5 Å². The fourth-order valence-electron chi connectivity index (χ4n) is 5.76. The molecule has 0 spiro atoms. The summed E-state index contributed by atoms with van der Waals surface area (Å²) in [5.41, 5.74) is -5.44. The van der Waals surface area contributed by atoms with Crippen LogP contribution in [0.25, 0.3) is 0 Å². The van der Waals surface area contributed by atoms with Crippen LogP contribution < -0.4 is 0 Å². The van der Waals surface area contributed by atoms with Gasteiger partial charge in [0, 0.05) is 32.1 Å². The molecular formula is C26H33ClO10. The van der Waals surface area contributed by atoms with Gasteiger partial charge < -0.3 is 29.2 Å². The zero-order valence-corrected chi connectivity index (χ0v) is 22.4. The third-order valence-electron chi connectivity index (χ3n) is 7.61. The Morgan fingerprint density at radius 2 is 1.54 bits per heavy atom. The van der Waals surface area contributed by atoms with Crippen LogP contribution in [0.15, 0.2) is 36.5 Å². The van der Waals surface area contributed by atoms with Crippen LogP contribution in [0.5, 0.6) is 0 Å². The molecule has 0 aromatic rings. The maximum atomic E-state index is 12.8. The van der Waals surface area contributed by atoms with E-state index < -0.39 is 82.1 Å². The Kier molecular flexibility index (Phi) is 7.71. The molecular weight excluding hydrogens is 508 g/mol. The molecule has 0 radical (unpaired) electrons. The molecule has 3 aliphatic rings. The number of halogens is 1. The van der Waals surface area contributed by atoms with Crippen molar-refractivity contribution < 1.29 is 48.3 Å². The Hall–Kier alpha value is -2.69. The van der Waals surface area contributed by atoms with E-state index in [0.29, 0.717) is 0 Å². The van der Waals surface area contributed by atoms with Crippen LogP contribution in [0.2, 0.25) is 0 Å². The van der Waals surface area contributed by atoms with E-state index in [4.69, 9.17) is 30.5 Å². The van der Waals surface area contributed by atoms with Gasteiger partial charge >= 0.3 is 23.9 Å². The van der Waals surface area contributed by atoms with Gasteiger partial charge in [-0.15, -0.1) is 11.6 Å². The number of ether oxygens (including phenoxy) is 4. The average molecular weight is 541 g/mol. The Balaban J connectivity index is 2.42. The average Bonchev–Trinajstić information content (AvgIpc) is 3.00. The molecule has 0 unspecified atom stereocenters. The summed E-state index contributed by atoms with van der Waals surface area (Å²) in [5.74, 6) is -5.56. The summed E-state index contributed by atoms with van der Waals surface area (Å²) >= 11 is 6.64. The number of hydrogen-bond acceptors (Lipinski definition) is 10. The van der Waals surface area contributed by atoms with Crippen molar-refractivity contribution in [2.24, 2.45) is 17.3 Å². The summed E-state index contributed by atoms with van der Waals surface area (Å²) in [6.45, 7) is 11.8. The van der Waals surface area contributed by atoms with Crippen molar-refractivity contribution in [3.8, 4) is 0 Å². The highest BCUT2D eigenvalue weighted by atomic mass is 35.5. The number of esters is 4. The van der Waals surface area contributed by atoms with Crippen LogP contribution in [-0.4, -0.2) is 75.1 Å². The summed E-state index contributed by atoms with van der Waals surface area (Å²) < 4.78 is 22.2. The van der Waals surface area contributed by atoms with Gasteiger partial charge in [-0.1, -0.05) is 25.7 Å². The van der Waals surface area contributed by atoms with Crippen molar-refractivity contribution in [1.82, 2.24) is 0 Å². The number of allylic oxidation sites excluding steroid dienone is 1. The first kappa shape index (κ1) is 28.9. The highest BCUT2D eigenvalue weighted by Crippen LogP contribution is 2.55. The van der Waals surface area contributed by atoms with Gasteiger partial charge in [-0.05, 0) is 31.6 Å². The molecule has 1 saturated heterocycles. The number of carbonyl (C=O) groups is 4. The molecule has 3 rings (SSSR count). The fraction of sp³-hybridized carbons (Fsp3) is 0.615. The number of rotatable bonds is 3. The molecule has 2 aliphatic carbocycles. The van der Waals surface area contributed by atoms with Gasteiger partial charge in [0.1, 0.15) is 23.9 Å². The molecule has 0 bridgehead atoms. The SMILES string of the molecule is C=C1/C=C\[C@H](OC(C)=O)[C@@]2(C)C=C[C@@H](OC(C)=O)[C@@](C)(O)[C@@H]2[C@@H](OC(C)=O)[C@@]2(O)[C@@H](C)C(=O)O[C@H]2[C@H]1Cl. The van der Waals surface area contributed by atoms with Crippen LogP contribution >= 0.6 is 11.6 Å². The maximum absolute atomic E-state index is 12.8. The van der Waals surface area contributed by atoms with Gasteiger partial charge in [-0.3, -0.25) is 19.2 Å². The molecule has 2 N–H and O–H groups in total. The number of hydrogen-bond donors (Lipinski definition) is 2. The smallest absolute Gasteiger partial charge is 0.312 e.